The van der Waals surface area contributed by atoms with E-state index in [-0.39, 0.29) is 37.0 Å². The second-order valence-electron chi connectivity index (χ2n) is 9.67. The molecule has 10 nitrogen and oxygen atoms in total. The Labute approximate surface area is 209 Å². The van der Waals surface area contributed by atoms with E-state index in [1.54, 1.807) is 19.1 Å². The molecule has 1 saturated carbocycles. The lowest BCUT2D eigenvalue weighted by Gasteiger charge is -2.34. The molecule has 0 bridgehead atoms. The van der Waals surface area contributed by atoms with Crippen LogP contribution in [0.2, 0.25) is 0 Å². The number of aryl methyl sites for hydroxylation is 2. The standard InChI is InChI=1S/C26H32N4O6/c1-16-8-10-19(11-9-16)25(34)29-12-13-30(26(35)21-14-17(2)36-28-21)24(29)23(33)27-20(15-22(31)32)18-6-4-3-5-7-18/h8-11,14,18,20,24H,3-7,12-13,15H2,1-2H3,(H,27,33)(H,31,32). The first-order valence-corrected chi connectivity index (χ1v) is 12.4. The zero-order valence-electron chi connectivity index (χ0n) is 20.6. The van der Waals surface area contributed by atoms with Crippen LogP contribution < -0.4 is 5.32 Å². The molecule has 1 aromatic carbocycles. The summed E-state index contributed by atoms with van der Waals surface area (Å²) in [4.78, 5) is 54.7. The number of benzene rings is 1. The Morgan fingerprint density at radius 2 is 1.67 bits per heavy atom. The van der Waals surface area contributed by atoms with Gasteiger partial charge in [-0.25, -0.2) is 0 Å². The van der Waals surface area contributed by atoms with Crippen LogP contribution in [-0.2, 0) is 9.59 Å². The van der Waals surface area contributed by atoms with Gasteiger partial charge < -0.3 is 24.7 Å². The normalized spacial score (nSPS) is 19.2. The van der Waals surface area contributed by atoms with Crippen molar-refractivity contribution >= 4 is 23.7 Å². The predicted molar refractivity (Wildman–Crippen MR) is 129 cm³/mol. The van der Waals surface area contributed by atoms with E-state index in [0.717, 1.165) is 37.7 Å². The van der Waals surface area contributed by atoms with E-state index in [1.807, 2.05) is 19.1 Å². The molecule has 2 aromatic rings. The molecule has 2 unspecified atom stereocenters. The summed E-state index contributed by atoms with van der Waals surface area (Å²) in [6, 6.07) is 7.90. The summed E-state index contributed by atoms with van der Waals surface area (Å²) in [7, 11) is 0. The molecule has 2 heterocycles. The largest absolute Gasteiger partial charge is 0.481 e. The Hall–Kier alpha value is -3.69. The minimum atomic E-state index is -1.23. The third kappa shape index (κ3) is 5.58. The smallest absolute Gasteiger partial charge is 0.305 e. The highest BCUT2D eigenvalue weighted by Gasteiger charge is 2.45. The monoisotopic (exact) mass is 496 g/mol. The summed E-state index contributed by atoms with van der Waals surface area (Å²) < 4.78 is 5.04. The van der Waals surface area contributed by atoms with Crippen LogP contribution in [-0.4, -0.2) is 69.1 Å². The van der Waals surface area contributed by atoms with Crippen molar-refractivity contribution in [2.24, 2.45) is 5.92 Å². The molecular weight excluding hydrogens is 464 g/mol. The van der Waals surface area contributed by atoms with Gasteiger partial charge in [0.2, 0.25) is 0 Å². The summed E-state index contributed by atoms with van der Waals surface area (Å²) in [6.45, 7) is 3.86. The van der Waals surface area contributed by atoms with Gasteiger partial charge in [-0.3, -0.25) is 19.2 Å². The van der Waals surface area contributed by atoms with E-state index in [4.69, 9.17) is 4.52 Å². The van der Waals surface area contributed by atoms with E-state index in [0.29, 0.717) is 11.3 Å². The Kier molecular flexibility index (Phi) is 7.71. The van der Waals surface area contributed by atoms with Crippen LogP contribution in [0.3, 0.4) is 0 Å². The number of nitrogens with one attached hydrogen (secondary N) is 1. The summed E-state index contributed by atoms with van der Waals surface area (Å²) >= 11 is 0. The average Bonchev–Trinajstić information content (AvgIpc) is 3.50. The number of carbonyl (C=O) groups is 4. The SMILES string of the molecule is Cc1ccc(C(=O)N2CCN(C(=O)c3cc(C)on3)C2C(=O)NC(CC(=O)O)C2CCCCC2)cc1. The zero-order valence-corrected chi connectivity index (χ0v) is 20.6. The van der Waals surface area contributed by atoms with Gasteiger partial charge in [0.15, 0.2) is 11.9 Å². The molecule has 0 spiro atoms. The topological polar surface area (TPSA) is 133 Å². The van der Waals surface area contributed by atoms with Crippen molar-refractivity contribution in [1.29, 1.82) is 0 Å². The number of hydrogen-bond acceptors (Lipinski definition) is 6. The van der Waals surface area contributed by atoms with E-state index in [1.165, 1.54) is 15.9 Å². The highest BCUT2D eigenvalue weighted by molar-refractivity contribution is 6.01. The van der Waals surface area contributed by atoms with Crippen molar-refractivity contribution < 1.29 is 28.8 Å². The lowest BCUT2D eigenvalue weighted by Crippen LogP contribution is -2.57. The highest BCUT2D eigenvalue weighted by Crippen LogP contribution is 2.29. The van der Waals surface area contributed by atoms with Gasteiger partial charge >= 0.3 is 5.97 Å². The minimum absolute atomic E-state index is 0.0313. The van der Waals surface area contributed by atoms with Crippen molar-refractivity contribution in [2.75, 3.05) is 13.1 Å². The first-order chi connectivity index (χ1) is 17.2. The molecular formula is C26H32N4O6. The number of aliphatic carboxylic acids is 1. The maximum absolute atomic E-state index is 13.7. The highest BCUT2D eigenvalue weighted by atomic mass is 16.5. The number of hydrogen-bond donors (Lipinski definition) is 2. The summed E-state index contributed by atoms with van der Waals surface area (Å²) in [6.07, 6.45) is 3.26. The van der Waals surface area contributed by atoms with Crippen LogP contribution in [0, 0.1) is 19.8 Å². The molecule has 36 heavy (non-hydrogen) atoms. The van der Waals surface area contributed by atoms with Crippen molar-refractivity contribution in [3.63, 3.8) is 0 Å². The maximum atomic E-state index is 13.7. The van der Waals surface area contributed by atoms with Gasteiger partial charge in [-0.15, -0.1) is 0 Å². The summed E-state index contributed by atoms with van der Waals surface area (Å²) in [5.41, 5.74) is 1.44. The van der Waals surface area contributed by atoms with Crippen molar-refractivity contribution in [1.82, 2.24) is 20.3 Å². The molecule has 3 amide bonds. The lowest BCUT2D eigenvalue weighted by atomic mass is 9.82. The second-order valence-corrected chi connectivity index (χ2v) is 9.67. The first-order valence-electron chi connectivity index (χ1n) is 12.4. The average molecular weight is 497 g/mol. The summed E-state index contributed by atoms with van der Waals surface area (Å²) in [5, 5.41) is 16.2. The molecule has 10 heteroatoms. The molecule has 2 fully saturated rings. The van der Waals surface area contributed by atoms with Crippen molar-refractivity contribution in [2.45, 2.75) is 64.6 Å². The Balaban J connectivity index is 1.62. The fourth-order valence-electron chi connectivity index (χ4n) is 5.13. The maximum Gasteiger partial charge on any atom is 0.305 e. The van der Waals surface area contributed by atoms with Crippen molar-refractivity contribution in [3.05, 3.63) is 52.9 Å². The number of rotatable bonds is 7. The van der Waals surface area contributed by atoms with Gasteiger partial charge in [0.25, 0.3) is 17.7 Å². The van der Waals surface area contributed by atoms with Gasteiger partial charge in [-0.2, -0.15) is 0 Å². The Morgan fingerprint density at radius 3 is 2.25 bits per heavy atom. The zero-order chi connectivity index (χ0) is 25.8. The van der Waals surface area contributed by atoms with Crippen LogP contribution in [0.15, 0.2) is 34.9 Å². The molecule has 4 rings (SSSR count). The number of aromatic nitrogens is 1. The minimum Gasteiger partial charge on any atom is -0.481 e. The number of nitrogens with zero attached hydrogens (tertiary/aromatic N) is 3. The molecule has 1 aromatic heterocycles. The molecule has 1 aliphatic carbocycles. The van der Waals surface area contributed by atoms with Crippen LogP contribution in [0.4, 0.5) is 0 Å². The molecule has 1 aliphatic heterocycles. The van der Waals surface area contributed by atoms with Crippen molar-refractivity contribution in [3.8, 4) is 0 Å². The van der Waals surface area contributed by atoms with Gasteiger partial charge in [0.05, 0.1) is 6.42 Å². The van der Waals surface area contributed by atoms with Gasteiger partial charge in [0.1, 0.15) is 5.76 Å². The second kappa shape index (κ2) is 10.9. The molecule has 1 saturated heterocycles. The van der Waals surface area contributed by atoms with E-state index in [9.17, 15) is 24.3 Å². The quantitative estimate of drug-likeness (QED) is 0.602. The van der Waals surface area contributed by atoms with E-state index >= 15 is 0 Å². The molecule has 2 atom stereocenters. The van der Waals surface area contributed by atoms with Crippen LogP contribution in [0.5, 0.6) is 0 Å². The third-order valence-corrected chi connectivity index (χ3v) is 7.02. The molecule has 0 radical (unpaired) electrons. The van der Waals surface area contributed by atoms with Crippen LogP contribution in [0.25, 0.3) is 0 Å². The van der Waals surface area contributed by atoms with Crippen LogP contribution >= 0.6 is 0 Å². The van der Waals surface area contributed by atoms with Gasteiger partial charge in [-0.05, 0) is 44.7 Å². The number of carboxylic acids is 1. The lowest BCUT2D eigenvalue weighted by molar-refractivity contribution is -0.138. The molecule has 192 valence electrons. The Bertz CT molecular complexity index is 1120. The molecule has 2 aliphatic rings. The van der Waals surface area contributed by atoms with E-state index in [2.05, 4.69) is 10.5 Å². The Morgan fingerprint density at radius 1 is 1.03 bits per heavy atom. The summed E-state index contributed by atoms with van der Waals surface area (Å²) in [5.74, 6) is -2.00. The number of carboxylic acid groups (broad SMARTS) is 1. The fourth-order valence-corrected chi connectivity index (χ4v) is 5.13. The van der Waals surface area contributed by atoms with E-state index < -0.39 is 30.0 Å². The first kappa shape index (κ1) is 25.4. The number of amides is 3. The van der Waals surface area contributed by atoms with Crippen LogP contribution in [0.1, 0.15) is 70.7 Å². The van der Waals surface area contributed by atoms with Gasteiger partial charge in [-0.1, -0.05) is 42.1 Å². The third-order valence-electron chi connectivity index (χ3n) is 7.02. The van der Waals surface area contributed by atoms with Gasteiger partial charge in [0, 0.05) is 30.8 Å². The fraction of sp³-hybridized carbons (Fsp3) is 0.500. The molecule has 2 N–H and O–H groups in total. The predicted octanol–water partition coefficient (Wildman–Crippen LogP) is 2.76. The number of carbonyl (C=O) groups excluding carboxylic acids is 3.